The molecule has 5 nitrogen and oxygen atoms in total. The molecule has 3 amide bonds. The van der Waals surface area contributed by atoms with Crippen molar-refractivity contribution in [2.45, 2.75) is 6.92 Å². The molecule has 0 aromatic heterocycles. The summed E-state index contributed by atoms with van der Waals surface area (Å²) in [7, 11) is 0. The van der Waals surface area contributed by atoms with E-state index in [2.05, 4.69) is 5.32 Å². The normalized spacial score (nSPS) is 16.5. The Kier molecular flexibility index (Phi) is 3.30. The quantitative estimate of drug-likeness (QED) is 0.689. The maximum Gasteiger partial charge on any atom is 0.288 e. The van der Waals surface area contributed by atoms with Gasteiger partial charge >= 0.3 is 0 Å². The lowest BCUT2D eigenvalue weighted by Gasteiger charge is -2.11. The Morgan fingerprint density at radius 3 is 2.77 bits per heavy atom. The number of amides is 3. The maximum absolute atomic E-state index is 11.0. The summed E-state index contributed by atoms with van der Waals surface area (Å²) in [4.78, 5) is 33.7. The number of hydrogen-bond donors (Lipinski definition) is 1. The first-order valence-corrected chi connectivity index (χ1v) is 4.81. The second-order valence-corrected chi connectivity index (χ2v) is 3.51. The van der Waals surface area contributed by atoms with Gasteiger partial charge in [-0.05, 0) is 0 Å². The Balaban J connectivity index is 2.31. The molecule has 1 aliphatic rings. The minimum atomic E-state index is -0.227. The van der Waals surface area contributed by atoms with Crippen LogP contribution >= 0.6 is 11.8 Å². The summed E-state index contributed by atoms with van der Waals surface area (Å²) in [5.74, 6) is -0.120. The van der Waals surface area contributed by atoms with Crippen LogP contribution in [0.15, 0.2) is 0 Å². The van der Waals surface area contributed by atoms with Crippen LogP contribution in [0.4, 0.5) is 4.79 Å². The maximum atomic E-state index is 11.0. The standard InChI is InChI=1S/C7H10N2O3S/c1-5(10)8-2-3-9-6(11)4-13-7(9)12/h2-4H2,1H3,(H,8,10). The largest absolute Gasteiger partial charge is 0.355 e. The van der Waals surface area contributed by atoms with E-state index in [1.165, 1.54) is 6.92 Å². The molecular weight excluding hydrogens is 192 g/mol. The van der Waals surface area contributed by atoms with E-state index in [4.69, 9.17) is 0 Å². The van der Waals surface area contributed by atoms with E-state index in [0.717, 1.165) is 16.7 Å². The van der Waals surface area contributed by atoms with Crippen molar-refractivity contribution >= 4 is 28.8 Å². The minimum Gasteiger partial charge on any atom is -0.355 e. The average Bonchev–Trinajstić information content (AvgIpc) is 2.34. The Hall–Kier alpha value is -1.04. The van der Waals surface area contributed by atoms with Crippen molar-refractivity contribution in [1.82, 2.24) is 10.2 Å². The Morgan fingerprint density at radius 2 is 2.31 bits per heavy atom. The zero-order valence-corrected chi connectivity index (χ0v) is 8.02. The van der Waals surface area contributed by atoms with Gasteiger partial charge in [-0.2, -0.15) is 0 Å². The summed E-state index contributed by atoms with van der Waals surface area (Å²) in [5, 5.41) is 2.29. The molecule has 1 saturated heterocycles. The third-order valence-corrected chi connectivity index (χ3v) is 2.41. The van der Waals surface area contributed by atoms with Crippen LogP contribution < -0.4 is 5.32 Å². The van der Waals surface area contributed by atoms with Crippen molar-refractivity contribution in [3.8, 4) is 0 Å². The summed E-state index contributed by atoms with van der Waals surface area (Å²) >= 11 is 0.997. The van der Waals surface area contributed by atoms with Gasteiger partial charge in [-0.3, -0.25) is 19.3 Å². The van der Waals surface area contributed by atoms with Crippen molar-refractivity contribution in [2.75, 3.05) is 18.8 Å². The molecule has 0 unspecified atom stereocenters. The average molecular weight is 202 g/mol. The summed E-state index contributed by atoms with van der Waals surface area (Å²) < 4.78 is 0. The Bertz CT molecular complexity index is 238. The Labute approximate surface area is 79.8 Å². The van der Waals surface area contributed by atoms with Crippen LogP contribution in [0.2, 0.25) is 0 Å². The van der Waals surface area contributed by atoms with Crippen molar-refractivity contribution in [3.05, 3.63) is 0 Å². The molecule has 0 aliphatic carbocycles. The minimum absolute atomic E-state index is 0.160. The van der Waals surface area contributed by atoms with E-state index in [-0.39, 0.29) is 29.4 Å². The number of carbonyl (C=O) groups is 3. The first-order chi connectivity index (χ1) is 6.11. The fraction of sp³-hybridized carbons (Fsp3) is 0.571. The van der Waals surface area contributed by atoms with Gasteiger partial charge < -0.3 is 5.32 Å². The van der Waals surface area contributed by atoms with Gasteiger partial charge in [-0.25, -0.2) is 0 Å². The highest BCUT2D eigenvalue weighted by Gasteiger charge is 2.28. The molecule has 0 aromatic carbocycles. The highest BCUT2D eigenvalue weighted by Crippen LogP contribution is 2.17. The summed E-state index contributed by atoms with van der Waals surface area (Å²) in [6, 6.07) is 0. The van der Waals surface area contributed by atoms with Gasteiger partial charge in [0.2, 0.25) is 11.8 Å². The lowest BCUT2D eigenvalue weighted by Crippen LogP contribution is -2.36. The summed E-state index contributed by atoms with van der Waals surface area (Å²) in [6.45, 7) is 1.99. The number of imide groups is 1. The van der Waals surface area contributed by atoms with Crippen LogP contribution in [0.3, 0.4) is 0 Å². The number of carbonyl (C=O) groups excluding carboxylic acids is 3. The molecular formula is C7H10N2O3S. The van der Waals surface area contributed by atoms with E-state index in [9.17, 15) is 14.4 Å². The molecule has 6 heteroatoms. The number of thioether (sulfide) groups is 1. The van der Waals surface area contributed by atoms with Crippen molar-refractivity contribution in [3.63, 3.8) is 0 Å². The van der Waals surface area contributed by atoms with E-state index < -0.39 is 0 Å². The molecule has 0 spiro atoms. The zero-order valence-electron chi connectivity index (χ0n) is 7.20. The monoisotopic (exact) mass is 202 g/mol. The first-order valence-electron chi connectivity index (χ1n) is 3.83. The third kappa shape index (κ3) is 2.73. The lowest BCUT2D eigenvalue weighted by molar-refractivity contribution is -0.125. The van der Waals surface area contributed by atoms with E-state index in [1.54, 1.807) is 0 Å². The van der Waals surface area contributed by atoms with Crippen LogP contribution in [-0.4, -0.2) is 40.8 Å². The third-order valence-electron chi connectivity index (χ3n) is 1.55. The fourth-order valence-electron chi connectivity index (χ4n) is 0.941. The highest BCUT2D eigenvalue weighted by atomic mass is 32.2. The van der Waals surface area contributed by atoms with Crippen molar-refractivity contribution in [1.29, 1.82) is 0 Å². The molecule has 1 N–H and O–H groups in total. The molecule has 0 radical (unpaired) electrons. The first kappa shape index (κ1) is 10.0. The van der Waals surface area contributed by atoms with Gasteiger partial charge in [0.1, 0.15) is 0 Å². The Morgan fingerprint density at radius 1 is 1.62 bits per heavy atom. The van der Waals surface area contributed by atoms with E-state index in [1.807, 2.05) is 0 Å². The van der Waals surface area contributed by atoms with Gasteiger partial charge in [0.25, 0.3) is 5.24 Å². The molecule has 1 rings (SSSR count). The molecule has 1 aliphatic heterocycles. The van der Waals surface area contributed by atoms with Gasteiger partial charge in [0, 0.05) is 20.0 Å². The molecule has 1 fully saturated rings. The van der Waals surface area contributed by atoms with Crippen LogP contribution in [0.1, 0.15) is 6.92 Å². The molecule has 0 atom stereocenters. The molecule has 0 aromatic rings. The predicted molar refractivity (Wildman–Crippen MR) is 48.3 cm³/mol. The molecule has 72 valence electrons. The number of nitrogens with zero attached hydrogens (tertiary/aromatic N) is 1. The second-order valence-electron chi connectivity index (χ2n) is 2.58. The van der Waals surface area contributed by atoms with Crippen molar-refractivity contribution in [2.24, 2.45) is 0 Å². The number of rotatable bonds is 3. The molecule has 0 bridgehead atoms. The molecule has 0 saturated carbocycles. The molecule has 1 heterocycles. The van der Waals surface area contributed by atoms with Crippen LogP contribution in [0.5, 0.6) is 0 Å². The summed E-state index contributed by atoms with van der Waals surface area (Å²) in [5.41, 5.74) is 0. The fourth-order valence-corrected chi connectivity index (χ4v) is 1.69. The van der Waals surface area contributed by atoms with Gasteiger partial charge in [0.15, 0.2) is 0 Å². The summed E-state index contributed by atoms with van der Waals surface area (Å²) in [6.07, 6.45) is 0. The van der Waals surface area contributed by atoms with Gasteiger partial charge in [-0.15, -0.1) is 0 Å². The smallest absolute Gasteiger partial charge is 0.288 e. The molecule has 13 heavy (non-hydrogen) atoms. The number of hydrogen-bond acceptors (Lipinski definition) is 4. The number of nitrogens with one attached hydrogen (secondary N) is 1. The van der Waals surface area contributed by atoms with Crippen LogP contribution in [0, 0.1) is 0 Å². The second kappa shape index (κ2) is 4.27. The zero-order chi connectivity index (χ0) is 9.84. The van der Waals surface area contributed by atoms with Crippen molar-refractivity contribution < 1.29 is 14.4 Å². The van der Waals surface area contributed by atoms with Crippen LogP contribution in [0.25, 0.3) is 0 Å². The highest BCUT2D eigenvalue weighted by molar-refractivity contribution is 8.14. The lowest BCUT2D eigenvalue weighted by atomic mass is 10.5. The van der Waals surface area contributed by atoms with Gasteiger partial charge in [0.05, 0.1) is 5.75 Å². The van der Waals surface area contributed by atoms with Crippen LogP contribution in [-0.2, 0) is 9.59 Å². The topological polar surface area (TPSA) is 66.5 Å². The van der Waals surface area contributed by atoms with E-state index in [0.29, 0.717) is 6.54 Å². The van der Waals surface area contributed by atoms with E-state index >= 15 is 0 Å². The van der Waals surface area contributed by atoms with Gasteiger partial charge in [-0.1, -0.05) is 11.8 Å². The SMILES string of the molecule is CC(=O)NCCN1C(=O)CSC1=O. The predicted octanol–water partition coefficient (Wildman–Crippen LogP) is -0.182.